The van der Waals surface area contributed by atoms with Crippen LogP contribution in [0.4, 0.5) is 5.82 Å². The molecule has 0 spiro atoms. The number of aromatic nitrogens is 2. The molecule has 1 fully saturated rings. The largest absolute Gasteiger partial charge is 0.493 e. The molecule has 1 saturated heterocycles. The van der Waals surface area contributed by atoms with Crippen LogP contribution < -0.4 is 20.3 Å². The topological polar surface area (TPSA) is 94.6 Å². The number of amides is 1. The van der Waals surface area contributed by atoms with Gasteiger partial charge in [-0.1, -0.05) is 6.07 Å². The van der Waals surface area contributed by atoms with Crippen molar-refractivity contribution in [1.82, 2.24) is 9.78 Å². The summed E-state index contributed by atoms with van der Waals surface area (Å²) in [7, 11) is 1.60. The molecule has 0 saturated carbocycles. The van der Waals surface area contributed by atoms with Gasteiger partial charge in [-0.25, -0.2) is 0 Å². The first kappa shape index (κ1) is 22.8. The minimum atomic E-state index is -0.316. The maximum atomic E-state index is 13.2. The van der Waals surface area contributed by atoms with Gasteiger partial charge in [-0.05, 0) is 58.2 Å². The van der Waals surface area contributed by atoms with E-state index in [0.29, 0.717) is 29.5 Å². The number of nitrogens with one attached hydrogen (secondary N) is 2. The Kier molecular flexibility index (Phi) is 6.31. The summed E-state index contributed by atoms with van der Waals surface area (Å²) >= 11 is 1.43. The predicted octanol–water partition coefficient (Wildman–Crippen LogP) is 3.88. The average molecular weight is 462 g/mol. The Bertz CT molecular complexity index is 1060. The number of carbonyl (C=O) groups is 1. The van der Waals surface area contributed by atoms with E-state index in [1.807, 2.05) is 50.6 Å². The number of nitrogens with zero attached hydrogens (tertiary/aromatic N) is 1. The Hall–Kier alpha value is -2.39. The lowest BCUT2D eigenvalue weighted by molar-refractivity contribution is -0.113. The highest BCUT2D eigenvalue weighted by molar-refractivity contribution is 8.00. The number of benzene rings is 1. The molecule has 1 amide bonds. The van der Waals surface area contributed by atoms with Crippen molar-refractivity contribution in [2.45, 2.75) is 63.5 Å². The molecule has 0 bridgehead atoms. The van der Waals surface area contributed by atoms with E-state index >= 15 is 0 Å². The molecule has 1 aromatic heterocycles. The maximum Gasteiger partial charge on any atom is 0.270 e. The van der Waals surface area contributed by atoms with Crippen LogP contribution in [0.3, 0.4) is 0 Å². The van der Waals surface area contributed by atoms with Crippen LogP contribution >= 0.6 is 11.8 Å². The van der Waals surface area contributed by atoms with Crippen molar-refractivity contribution < 1.29 is 19.0 Å². The molecule has 9 heteroatoms. The first-order valence-corrected chi connectivity index (χ1v) is 12.0. The van der Waals surface area contributed by atoms with Crippen LogP contribution in [0.15, 0.2) is 23.0 Å². The van der Waals surface area contributed by atoms with E-state index in [1.54, 1.807) is 7.11 Å². The predicted molar refractivity (Wildman–Crippen MR) is 125 cm³/mol. The molecular weight excluding hydrogens is 430 g/mol. The molecule has 2 aliphatic rings. The highest BCUT2D eigenvalue weighted by atomic mass is 32.2. The van der Waals surface area contributed by atoms with Gasteiger partial charge in [0.05, 0.1) is 41.4 Å². The Labute approximate surface area is 192 Å². The lowest BCUT2D eigenvalue weighted by atomic mass is 9.94. The number of thioether (sulfide) groups is 1. The van der Waals surface area contributed by atoms with Gasteiger partial charge in [-0.3, -0.25) is 19.4 Å². The van der Waals surface area contributed by atoms with Crippen molar-refractivity contribution in [3.63, 3.8) is 0 Å². The molecular formula is C23H31N3O5S. The molecule has 1 aromatic carbocycles. The third-order valence-corrected chi connectivity index (χ3v) is 7.02. The van der Waals surface area contributed by atoms with E-state index in [2.05, 4.69) is 10.4 Å². The molecule has 8 nitrogen and oxygen atoms in total. The Morgan fingerprint density at radius 3 is 2.72 bits per heavy atom. The normalized spacial score (nSPS) is 22.8. The van der Waals surface area contributed by atoms with Gasteiger partial charge in [0.2, 0.25) is 5.91 Å². The second-order valence-electron chi connectivity index (χ2n) is 9.14. The van der Waals surface area contributed by atoms with Crippen LogP contribution in [0.25, 0.3) is 0 Å². The second kappa shape index (κ2) is 8.86. The van der Waals surface area contributed by atoms with Crippen molar-refractivity contribution in [2.75, 3.05) is 24.8 Å². The summed E-state index contributed by atoms with van der Waals surface area (Å²) in [6.45, 7) is 8.61. The van der Waals surface area contributed by atoms with E-state index in [0.717, 1.165) is 18.4 Å². The summed E-state index contributed by atoms with van der Waals surface area (Å²) in [5.74, 6) is 1.94. The zero-order chi connectivity index (χ0) is 23.0. The number of hydrogen-bond donors (Lipinski definition) is 2. The zero-order valence-electron chi connectivity index (χ0n) is 19.2. The number of H-pyrrole nitrogens is 1. The standard InChI is InChI=1S/C23H31N3O5S/c1-13(2)31-16-7-6-14(10-17(16)29-5)20-19-21(24-18(27)12-32-20)26(25-22(19)28)15-8-9-30-23(3,4)11-15/h6-7,10,13,15,20H,8-9,11-12H2,1-5H3,(H,24,27)(H,25,28)/t15-,20+/m0/s1. The Morgan fingerprint density at radius 2 is 2.03 bits per heavy atom. The summed E-state index contributed by atoms with van der Waals surface area (Å²) in [4.78, 5) is 25.7. The quantitative estimate of drug-likeness (QED) is 0.702. The van der Waals surface area contributed by atoms with Crippen molar-refractivity contribution >= 4 is 23.5 Å². The highest BCUT2D eigenvalue weighted by Crippen LogP contribution is 2.44. The smallest absolute Gasteiger partial charge is 0.270 e. The van der Waals surface area contributed by atoms with E-state index in [-0.39, 0.29) is 40.2 Å². The number of anilines is 1. The van der Waals surface area contributed by atoms with Gasteiger partial charge in [0.25, 0.3) is 5.56 Å². The van der Waals surface area contributed by atoms with Gasteiger partial charge in [-0.2, -0.15) is 0 Å². The van der Waals surface area contributed by atoms with E-state index in [1.165, 1.54) is 11.8 Å². The summed E-state index contributed by atoms with van der Waals surface area (Å²) in [5.41, 5.74) is 0.964. The molecule has 2 aromatic rings. The molecule has 2 aliphatic heterocycles. The van der Waals surface area contributed by atoms with E-state index in [9.17, 15) is 9.59 Å². The number of carbonyl (C=O) groups excluding carboxylic acids is 1. The number of hydrogen-bond acceptors (Lipinski definition) is 6. The van der Waals surface area contributed by atoms with Crippen LogP contribution in [0.5, 0.6) is 11.5 Å². The van der Waals surface area contributed by atoms with E-state index < -0.39 is 0 Å². The lowest BCUT2D eigenvalue weighted by Gasteiger charge is -2.36. The molecule has 0 radical (unpaired) electrons. The summed E-state index contributed by atoms with van der Waals surface area (Å²) in [5, 5.41) is 5.66. The van der Waals surface area contributed by atoms with Crippen LogP contribution in [0.2, 0.25) is 0 Å². The van der Waals surface area contributed by atoms with Gasteiger partial charge in [0, 0.05) is 6.61 Å². The Balaban J connectivity index is 1.77. The molecule has 2 N–H and O–H groups in total. The van der Waals surface area contributed by atoms with Crippen molar-refractivity contribution in [3.8, 4) is 11.5 Å². The van der Waals surface area contributed by atoms with Gasteiger partial charge in [-0.15, -0.1) is 11.8 Å². The monoisotopic (exact) mass is 461 g/mol. The van der Waals surface area contributed by atoms with Crippen LogP contribution in [-0.4, -0.2) is 46.9 Å². The number of aromatic amines is 1. The molecule has 174 valence electrons. The number of rotatable bonds is 5. The van der Waals surface area contributed by atoms with Crippen LogP contribution in [0.1, 0.15) is 63.0 Å². The SMILES string of the molecule is COc1cc([C@H]2SCC(=O)Nc3c2c(=O)[nH]n3[C@H]2CCOC(C)(C)C2)ccc1OC(C)C. The summed E-state index contributed by atoms with van der Waals surface area (Å²) < 4.78 is 19.1. The molecule has 32 heavy (non-hydrogen) atoms. The maximum absolute atomic E-state index is 13.2. The van der Waals surface area contributed by atoms with Crippen LogP contribution in [0, 0.1) is 0 Å². The van der Waals surface area contributed by atoms with E-state index in [4.69, 9.17) is 14.2 Å². The van der Waals surface area contributed by atoms with Crippen molar-refractivity contribution in [3.05, 3.63) is 39.7 Å². The fourth-order valence-corrected chi connectivity index (χ4v) is 5.51. The minimum absolute atomic E-state index is 0.0102. The minimum Gasteiger partial charge on any atom is -0.493 e. The summed E-state index contributed by atoms with van der Waals surface area (Å²) in [6, 6.07) is 5.73. The first-order chi connectivity index (χ1) is 15.2. The molecule has 0 unspecified atom stereocenters. The molecule has 3 heterocycles. The van der Waals surface area contributed by atoms with Crippen molar-refractivity contribution in [1.29, 1.82) is 0 Å². The number of methoxy groups -OCH3 is 1. The third-order valence-electron chi connectivity index (χ3n) is 5.75. The molecule has 0 aliphatic carbocycles. The number of fused-ring (bicyclic) bond motifs is 1. The zero-order valence-corrected chi connectivity index (χ0v) is 20.0. The van der Waals surface area contributed by atoms with Crippen molar-refractivity contribution in [2.24, 2.45) is 0 Å². The first-order valence-electron chi connectivity index (χ1n) is 10.9. The van der Waals surface area contributed by atoms with Crippen LogP contribution in [-0.2, 0) is 9.53 Å². The lowest BCUT2D eigenvalue weighted by Crippen LogP contribution is -2.36. The second-order valence-corrected chi connectivity index (χ2v) is 10.2. The highest BCUT2D eigenvalue weighted by Gasteiger charge is 2.36. The molecule has 2 atom stereocenters. The number of ether oxygens (including phenoxy) is 3. The Morgan fingerprint density at radius 1 is 1.25 bits per heavy atom. The molecule has 4 rings (SSSR count). The average Bonchev–Trinajstić information content (AvgIpc) is 2.93. The van der Waals surface area contributed by atoms with Gasteiger partial charge >= 0.3 is 0 Å². The fraction of sp³-hybridized carbons (Fsp3) is 0.565. The fourth-order valence-electron chi connectivity index (χ4n) is 4.40. The third kappa shape index (κ3) is 4.54. The van der Waals surface area contributed by atoms with Gasteiger partial charge in [0.1, 0.15) is 5.82 Å². The summed E-state index contributed by atoms with van der Waals surface area (Å²) in [6.07, 6.45) is 1.52. The van der Waals surface area contributed by atoms with Gasteiger partial charge < -0.3 is 19.5 Å². The van der Waals surface area contributed by atoms with Gasteiger partial charge in [0.15, 0.2) is 11.5 Å².